The van der Waals surface area contributed by atoms with Gasteiger partial charge in [-0.25, -0.2) is 9.48 Å². The van der Waals surface area contributed by atoms with Gasteiger partial charge in [-0.05, 0) is 23.3 Å². The lowest BCUT2D eigenvalue weighted by atomic mass is 10.1. The molecule has 0 radical (unpaired) electrons. The van der Waals surface area contributed by atoms with E-state index in [9.17, 15) is 13.6 Å². The Morgan fingerprint density at radius 1 is 1.28 bits per heavy atom. The van der Waals surface area contributed by atoms with E-state index in [1.807, 2.05) is 0 Å². The third kappa shape index (κ3) is 2.71. The lowest BCUT2D eigenvalue weighted by molar-refractivity contribution is 0.0565. The largest absolute Gasteiger partial charge is 0.478 e. The maximum Gasteiger partial charge on any atom is 0.335 e. The Bertz CT molecular complexity index is 549. The number of hydrogen-bond acceptors (Lipinski definition) is 2. The van der Waals surface area contributed by atoms with Crippen molar-refractivity contribution in [1.29, 1.82) is 0 Å². The average Bonchev–Trinajstić information content (AvgIpc) is 2.78. The topological polar surface area (TPSA) is 55.1 Å². The molecule has 1 heterocycles. The number of halogens is 2. The van der Waals surface area contributed by atoms with Gasteiger partial charge in [-0.2, -0.15) is 13.9 Å². The predicted octanol–water partition coefficient (Wildman–Crippen LogP) is 2.57. The monoisotopic (exact) mass is 252 g/mol. The van der Waals surface area contributed by atoms with Crippen LogP contribution >= 0.6 is 0 Å². The second kappa shape index (κ2) is 4.95. The highest BCUT2D eigenvalue weighted by molar-refractivity contribution is 5.87. The first-order chi connectivity index (χ1) is 8.56. The molecule has 0 saturated heterocycles. The van der Waals surface area contributed by atoms with Gasteiger partial charge in [-0.15, -0.1) is 0 Å². The van der Waals surface area contributed by atoms with Crippen LogP contribution in [0.4, 0.5) is 8.78 Å². The Hall–Kier alpha value is -2.24. The number of carbonyl (C=O) groups is 1. The predicted molar refractivity (Wildman–Crippen MR) is 59.7 cm³/mol. The van der Waals surface area contributed by atoms with Crippen LogP contribution in [0.3, 0.4) is 0 Å². The molecule has 18 heavy (non-hydrogen) atoms. The second-order valence-corrected chi connectivity index (χ2v) is 3.79. The minimum atomic E-state index is -2.65. The van der Waals surface area contributed by atoms with E-state index in [1.165, 1.54) is 24.5 Å². The fourth-order valence-corrected chi connectivity index (χ4v) is 1.58. The summed E-state index contributed by atoms with van der Waals surface area (Å²) >= 11 is 0. The standard InChI is InChI=1S/C12H10F2N2O2/c13-12(14)16-7-9(6-15-16)5-8-1-3-10(4-2-8)11(17)18/h1-4,6-7,12H,5H2,(H,17,18). The molecule has 2 rings (SSSR count). The summed E-state index contributed by atoms with van der Waals surface area (Å²) in [4.78, 5) is 10.7. The van der Waals surface area contributed by atoms with Gasteiger partial charge in [0.25, 0.3) is 0 Å². The summed E-state index contributed by atoms with van der Waals surface area (Å²) in [6.45, 7) is -2.65. The fourth-order valence-electron chi connectivity index (χ4n) is 1.58. The van der Waals surface area contributed by atoms with Gasteiger partial charge < -0.3 is 5.11 Å². The number of alkyl halides is 2. The van der Waals surface area contributed by atoms with Gasteiger partial charge in [-0.1, -0.05) is 12.1 Å². The van der Waals surface area contributed by atoms with Crippen molar-refractivity contribution in [3.05, 3.63) is 53.3 Å². The van der Waals surface area contributed by atoms with Gasteiger partial charge in [0.15, 0.2) is 0 Å². The summed E-state index contributed by atoms with van der Waals surface area (Å²) in [7, 11) is 0. The first-order valence-corrected chi connectivity index (χ1v) is 5.19. The molecule has 6 heteroatoms. The van der Waals surface area contributed by atoms with Crippen LogP contribution in [0.1, 0.15) is 28.0 Å². The van der Waals surface area contributed by atoms with Crippen molar-refractivity contribution in [3.63, 3.8) is 0 Å². The van der Waals surface area contributed by atoms with E-state index in [2.05, 4.69) is 5.10 Å². The van der Waals surface area contributed by atoms with Crippen LogP contribution in [0.15, 0.2) is 36.7 Å². The highest BCUT2D eigenvalue weighted by Gasteiger charge is 2.08. The molecule has 1 aromatic heterocycles. The van der Waals surface area contributed by atoms with Crippen LogP contribution in [0.5, 0.6) is 0 Å². The van der Waals surface area contributed by atoms with E-state index >= 15 is 0 Å². The van der Waals surface area contributed by atoms with Gasteiger partial charge in [0, 0.05) is 12.6 Å². The first-order valence-electron chi connectivity index (χ1n) is 5.19. The van der Waals surface area contributed by atoms with Crippen LogP contribution in [0.25, 0.3) is 0 Å². The van der Waals surface area contributed by atoms with Crippen molar-refractivity contribution in [3.8, 4) is 0 Å². The second-order valence-electron chi connectivity index (χ2n) is 3.79. The third-order valence-corrected chi connectivity index (χ3v) is 2.46. The van der Waals surface area contributed by atoms with Crippen LogP contribution < -0.4 is 0 Å². The zero-order valence-electron chi connectivity index (χ0n) is 9.25. The number of nitrogens with zero attached hydrogens (tertiary/aromatic N) is 2. The van der Waals surface area contributed by atoms with Crippen LogP contribution in [0, 0.1) is 0 Å². The van der Waals surface area contributed by atoms with Crippen molar-refractivity contribution in [2.24, 2.45) is 0 Å². The van der Waals surface area contributed by atoms with E-state index in [0.717, 1.165) is 5.56 Å². The van der Waals surface area contributed by atoms with Crippen molar-refractivity contribution >= 4 is 5.97 Å². The number of carboxylic acids is 1. The lowest BCUT2D eigenvalue weighted by Gasteiger charge is -2.00. The molecule has 94 valence electrons. The first kappa shape index (κ1) is 12.2. The lowest BCUT2D eigenvalue weighted by Crippen LogP contribution is -1.97. The fraction of sp³-hybridized carbons (Fsp3) is 0.167. The zero-order valence-corrected chi connectivity index (χ0v) is 9.25. The summed E-state index contributed by atoms with van der Waals surface area (Å²) in [5.41, 5.74) is 1.69. The highest BCUT2D eigenvalue weighted by atomic mass is 19.3. The summed E-state index contributed by atoms with van der Waals surface area (Å²) in [5.74, 6) is -0.993. The summed E-state index contributed by atoms with van der Waals surface area (Å²) in [6, 6.07) is 6.27. The Morgan fingerprint density at radius 3 is 2.44 bits per heavy atom. The minimum absolute atomic E-state index is 0.196. The smallest absolute Gasteiger partial charge is 0.335 e. The van der Waals surface area contributed by atoms with Crippen molar-refractivity contribution in [2.75, 3.05) is 0 Å². The molecule has 0 fully saturated rings. The Kier molecular flexibility index (Phi) is 3.36. The molecule has 0 amide bonds. The quantitative estimate of drug-likeness (QED) is 0.909. The number of aromatic nitrogens is 2. The zero-order chi connectivity index (χ0) is 13.1. The number of aromatic carboxylic acids is 1. The van der Waals surface area contributed by atoms with Crippen molar-refractivity contribution in [2.45, 2.75) is 13.0 Å². The SMILES string of the molecule is O=C(O)c1ccc(Cc2cnn(C(F)F)c2)cc1. The Balaban J connectivity index is 2.10. The number of benzene rings is 1. The van der Waals surface area contributed by atoms with E-state index in [4.69, 9.17) is 5.11 Å². The van der Waals surface area contributed by atoms with Crippen molar-refractivity contribution < 1.29 is 18.7 Å². The molecule has 0 aliphatic rings. The molecule has 0 unspecified atom stereocenters. The molecule has 4 nitrogen and oxygen atoms in total. The van der Waals surface area contributed by atoms with Gasteiger partial charge in [0.1, 0.15) is 0 Å². The normalized spacial score (nSPS) is 10.8. The maximum atomic E-state index is 12.3. The molecule has 0 spiro atoms. The van der Waals surface area contributed by atoms with Gasteiger partial charge in [0.2, 0.25) is 0 Å². The highest BCUT2D eigenvalue weighted by Crippen LogP contribution is 2.13. The van der Waals surface area contributed by atoms with Crippen LogP contribution in [0.2, 0.25) is 0 Å². The molecule has 0 saturated carbocycles. The molecule has 0 aliphatic carbocycles. The van der Waals surface area contributed by atoms with Gasteiger partial charge >= 0.3 is 12.5 Å². The van der Waals surface area contributed by atoms with E-state index < -0.39 is 12.5 Å². The third-order valence-electron chi connectivity index (χ3n) is 2.46. The van der Waals surface area contributed by atoms with Crippen LogP contribution in [-0.4, -0.2) is 20.9 Å². The molecule has 0 aliphatic heterocycles. The minimum Gasteiger partial charge on any atom is -0.478 e. The molecule has 0 atom stereocenters. The molecule has 1 N–H and O–H groups in total. The molecular weight excluding hydrogens is 242 g/mol. The summed E-state index contributed by atoms with van der Waals surface area (Å²) < 4.78 is 25.2. The number of hydrogen-bond donors (Lipinski definition) is 1. The molecule has 1 aromatic carbocycles. The Labute approximate surface area is 101 Å². The average molecular weight is 252 g/mol. The van der Waals surface area contributed by atoms with E-state index in [0.29, 0.717) is 16.7 Å². The van der Waals surface area contributed by atoms with E-state index in [-0.39, 0.29) is 5.56 Å². The van der Waals surface area contributed by atoms with Crippen molar-refractivity contribution in [1.82, 2.24) is 9.78 Å². The number of rotatable bonds is 4. The maximum absolute atomic E-state index is 12.3. The molecule has 0 bridgehead atoms. The van der Waals surface area contributed by atoms with E-state index in [1.54, 1.807) is 12.1 Å². The Morgan fingerprint density at radius 2 is 1.94 bits per heavy atom. The van der Waals surface area contributed by atoms with Crippen LogP contribution in [-0.2, 0) is 6.42 Å². The number of carboxylic acid groups (broad SMARTS) is 1. The molecule has 2 aromatic rings. The summed E-state index contributed by atoms with van der Waals surface area (Å²) in [5, 5.41) is 12.3. The van der Waals surface area contributed by atoms with Gasteiger partial charge in [0.05, 0.1) is 11.8 Å². The molecular formula is C12H10F2N2O2. The van der Waals surface area contributed by atoms with Gasteiger partial charge in [-0.3, -0.25) is 0 Å². The summed E-state index contributed by atoms with van der Waals surface area (Å²) in [6.07, 6.45) is 3.08.